The van der Waals surface area contributed by atoms with Crippen molar-refractivity contribution in [1.29, 1.82) is 0 Å². The van der Waals surface area contributed by atoms with E-state index in [1.165, 1.54) is 33.5 Å². The fourth-order valence-corrected chi connectivity index (χ4v) is 2.43. The van der Waals surface area contributed by atoms with Crippen molar-refractivity contribution in [2.75, 3.05) is 5.32 Å². The lowest BCUT2D eigenvalue weighted by Crippen LogP contribution is -2.07. The van der Waals surface area contributed by atoms with Gasteiger partial charge in [0.15, 0.2) is 0 Å². The normalized spacial score (nSPS) is 12.3. The molecule has 0 aliphatic heterocycles. The second kappa shape index (κ2) is 5.48. The number of rotatable bonds is 3. The second-order valence-corrected chi connectivity index (χ2v) is 5.59. The lowest BCUT2D eigenvalue weighted by molar-refractivity contribution is 0.881. The first-order valence-electron chi connectivity index (χ1n) is 6.87. The molecule has 1 N–H and O–H groups in total. The Hall–Kier alpha value is -1.76. The van der Waals surface area contributed by atoms with Crippen molar-refractivity contribution < 1.29 is 0 Å². The van der Waals surface area contributed by atoms with E-state index in [9.17, 15) is 0 Å². The summed E-state index contributed by atoms with van der Waals surface area (Å²) in [6.07, 6.45) is 0. The molecule has 0 bridgehead atoms. The van der Waals surface area contributed by atoms with E-state index in [4.69, 9.17) is 0 Å². The Balaban J connectivity index is 2.20. The summed E-state index contributed by atoms with van der Waals surface area (Å²) in [6, 6.07) is 13.6. The van der Waals surface area contributed by atoms with E-state index >= 15 is 0 Å². The zero-order chi connectivity index (χ0) is 14.0. The summed E-state index contributed by atoms with van der Waals surface area (Å²) in [5, 5.41) is 3.59. The quantitative estimate of drug-likeness (QED) is 0.803. The van der Waals surface area contributed by atoms with E-state index in [0.717, 1.165) is 0 Å². The van der Waals surface area contributed by atoms with E-state index < -0.39 is 0 Å². The van der Waals surface area contributed by atoms with Crippen LogP contribution in [0.15, 0.2) is 36.4 Å². The monoisotopic (exact) mass is 253 g/mol. The smallest absolute Gasteiger partial charge is 0.0485 e. The predicted molar refractivity (Wildman–Crippen MR) is 83.9 cm³/mol. The fourth-order valence-electron chi connectivity index (χ4n) is 2.43. The van der Waals surface area contributed by atoms with E-state index in [-0.39, 0.29) is 0 Å². The van der Waals surface area contributed by atoms with Gasteiger partial charge in [0.1, 0.15) is 0 Å². The van der Waals surface area contributed by atoms with Gasteiger partial charge in [0.2, 0.25) is 0 Å². The maximum Gasteiger partial charge on any atom is 0.0485 e. The topological polar surface area (TPSA) is 12.0 Å². The number of hydrogen-bond acceptors (Lipinski definition) is 1. The molecule has 2 aromatic carbocycles. The minimum Gasteiger partial charge on any atom is -0.379 e. The first-order valence-corrected chi connectivity index (χ1v) is 6.87. The van der Waals surface area contributed by atoms with Gasteiger partial charge in [-0.3, -0.25) is 0 Å². The molecule has 0 spiro atoms. The highest BCUT2D eigenvalue weighted by atomic mass is 14.9. The predicted octanol–water partition coefficient (Wildman–Crippen LogP) is 5.09. The van der Waals surface area contributed by atoms with E-state index in [0.29, 0.717) is 6.04 Å². The van der Waals surface area contributed by atoms with Gasteiger partial charge in [-0.05, 0) is 74.6 Å². The first-order chi connectivity index (χ1) is 8.95. The Bertz CT molecular complexity index is 564. The summed E-state index contributed by atoms with van der Waals surface area (Å²) in [7, 11) is 0. The van der Waals surface area contributed by atoms with Gasteiger partial charge in [-0.25, -0.2) is 0 Å². The molecule has 2 rings (SSSR count). The molecule has 100 valence electrons. The van der Waals surface area contributed by atoms with Gasteiger partial charge in [0.25, 0.3) is 0 Å². The van der Waals surface area contributed by atoms with Gasteiger partial charge < -0.3 is 5.32 Å². The van der Waals surface area contributed by atoms with E-state index in [2.05, 4.69) is 76.3 Å². The van der Waals surface area contributed by atoms with Gasteiger partial charge in [-0.1, -0.05) is 24.3 Å². The minimum absolute atomic E-state index is 0.320. The van der Waals surface area contributed by atoms with Crippen molar-refractivity contribution in [2.24, 2.45) is 0 Å². The van der Waals surface area contributed by atoms with Crippen molar-refractivity contribution in [3.05, 3.63) is 64.2 Å². The third-order valence-electron chi connectivity index (χ3n) is 3.64. The van der Waals surface area contributed by atoms with Crippen molar-refractivity contribution in [3.63, 3.8) is 0 Å². The Morgan fingerprint density at radius 1 is 0.789 bits per heavy atom. The number of hydrogen-bond donors (Lipinski definition) is 1. The van der Waals surface area contributed by atoms with E-state index in [1.807, 2.05) is 0 Å². The highest BCUT2D eigenvalue weighted by Gasteiger charge is 2.07. The Morgan fingerprint density at radius 3 is 2.00 bits per heavy atom. The fraction of sp³-hybridized carbons (Fsp3) is 0.333. The zero-order valence-electron chi connectivity index (χ0n) is 12.5. The van der Waals surface area contributed by atoms with Crippen LogP contribution in [0.25, 0.3) is 0 Å². The lowest BCUT2D eigenvalue weighted by Gasteiger charge is -2.18. The molecule has 0 aromatic heterocycles. The second-order valence-electron chi connectivity index (χ2n) is 5.59. The highest BCUT2D eigenvalue weighted by Crippen LogP contribution is 2.22. The van der Waals surface area contributed by atoms with E-state index in [1.54, 1.807) is 0 Å². The Labute approximate surface area is 116 Å². The molecule has 0 aliphatic rings. The molecule has 19 heavy (non-hydrogen) atoms. The molecule has 0 heterocycles. The van der Waals surface area contributed by atoms with Crippen molar-refractivity contribution in [3.8, 4) is 0 Å². The average molecular weight is 253 g/mol. The maximum atomic E-state index is 3.59. The Kier molecular flexibility index (Phi) is 3.94. The van der Waals surface area contributed by atoms with Crippen LogP contribution in [-0.4, -0.2) is 0 Å². The molecule has 1 nitrogen and oxygen atoms in total. The van der Waals surface area contributed by atoms with Crippen LogP contribution in [0.2, 0.25) is 0 Å². The van der Waals surface area contributed by atoms with Crippen molar-refractivity contribution >= 4 is 5.69 Å². The number of benzene rings is 2. The summed E-state index contributed by atoms with van der Waals surface area (Å²) in [5.41, 5.74) is 7.84. The molecule has 1 heteroatoms. The summed E-state index contributed by atoms with van der Waals surface area (Å²) in [4.78, 5) is 0. The number of aryl methyl sites for hydroxylation is 4. The largest absolute Gasteiger partial charge is 0.379 e. The molecule has 0 amide bonds. The molecule has 0 saturated carbocycles. The molecule has 0 fully saturated rings. The van der Waals surface area contributed by atoms with Crippen LogP contribution in [-0.2, 0) is 0 Å². The maximum absolute atomic E-state index is 3.59. The zero-order valence-corrected chi connectivity index (χ0v) is 12.5. The van der Waals surface area contributed by atoms with Gasteiger partial charge in [0, 0.05) is 11.7 Å². The van der Waals surface area contributed by atoms with Crippen molar-refractivity contribution in [1.82, 2.24) is 0 Å². The number of anilines is 1. The lowest BCUT2D eigenvalue weighted by atomic mass is 10.0. The summed E-state index contributed by atoms with van der Waals surface area (Å²) >= 11 is 0. The highest BCUT2D eigenvalue weighted by molar-refractivity contribution is 5.50. The molecular formula is C18H23N. The third kappa shape index (κ3) is 3.37. The third-order valence-corrected chi connectivity index (χ3v) is 3.64. The molecule has 1 atom stereocenters. The van der Waals surface area contributed by atoms with Gasteiger partial charge >= 0.3 is 0 Å². The van der Waals surface area contributed by atoms with Crippen LogP contribution < -0.4 is 5.32 Å². The first kappa shape index (κ1) is 13.7. The Morgan fingerprint density at radius 2 is 1.42 bits per heavy atom. The van der Waals surface area contributed by atoms with Gasteiger partial charge in [-0.15, -0.1) is 0 Å². The summed E-state index contributed by atoms with van der Waals surface area (Å²) in [5.74, 6) is 0. The van der Waals surface area contributed by atoms with Crippen LogP contribution in [0.1, 0.15) is 40.8 Å². The van der Waals surface area contributed by atoms with Crippen LogP contribution in [0.4, 0.5) is 5.69 Å². The van der Waals surface area contributed by atoms with Gasteiger partial charge in [-0.2, -0.15) is 0 Å². The summed E-state index contributed by atoms with van der Waals surface area (Å²) in [6.45, 7) is 10.8. The molecule has 1 unspecified atom stereocenters. The summed E-state index contributed by atoms with van der Waals surface area (Å²) < 4.78 is 0. The number of nitrogens with one attached hydrogen (secondary N) is 1. The van der Waals surface area contributed by atoms with Crippen LogP contribution in [0.3, 0.4) is 0 Å². The standard InChI is InChI=1S/C18H23N/c1-12-8-13(2)10-18(9-12)19-16(5)17-7-6-14(3)15(4)11-17/h6-11,16,19H,1-5H3. The molecule has 0 aliphatic carbocycles. The molecule has 0 saturated heterocycles. The molecular weight excluding hydrogens is 230 g/mol. The minimum atomic E-state index is 0.320. The van der Waals surface area contributed by atoms with Crippen molar-refractivity contribution in [2.45, 2.75) is 40.7 Å². The average Bonchev–Trinajstić information content (AvgIpc) is 2.31. The molecule has 0 radical (unpaired) electrons. The van der Waals surface area contributed by atoms with Crippen LogP contribution >= 0.6 is 0 Å². The molecule has 2 aromatic rings. The SMILES string of the molecule is Cc1cc(C)cc(NC(C)c2ccc(C)c(C)c2)c1. The van der Waals surface area contributed by atoms with Gasteiger partial charge in [0.05, 0.1) is 0 Å². The van der Waals surface area contributed by atoms with Crippen LogP contribution in [0.5, 0.6) is 0 Å². The van der Waals surface area contributed by atoms with Crippen LogP contribution in [0, 0.1) is 27.7 Å².